The quantitative estimate of drug-likeness (QED) is 0.883. The van der Waals surface area contributed by atoms with Crippen molar-refractivity contribution < 1.29 is 14.4 Å². The van der Waals surface area contributed by atoms with Gasteiger partial charge in [0.1, 0.15) is 5.75 Å². The van der Waals surface area contributed by atoms with Crippen molar-refractivity contribution in [3.05, 3.63) is 54.1 Å². The van der Waals surface area contributed by atoms with Crippen molar-refractivity contribution in [3.8, 4) is 5.75 Å². The SMILES string of the molecule is CN1c2ccc(OC(=O)Nc3ccccc3)cc2[C@]2(C)CC[NH+](C)[C@H]12. The number of carbonyl (C=O) groups excluding carboxylic acids is 1. The summed E-state index contributed by atoms with van der Waals surface area (Å²) in [7, 11) is 4.41. The van der Waals surface area contributed by atoms with E-state index in [0.717, 1.165) is 18.7 Å². The third-order valence-corrected chi connectivity index (χ3v) is 5.69. The maximum Gasteiger partial charge on any atom is 0.417 e. The van der Waals surface area contributed by atoms with E-state index in [9.17, 15) is 4.79 Å². The van der Waals surface area contributed by atoms with E-state index in [1.165, 1.54) is 16.2 Å². The number of quaternary nitrogens is 1. The van der Waals surface area contributed by atoms with Gasteiger partial charge in [0, 0.05) is 24.8 Å². The lowest BCUT2D eigenvalue weighted by Gasteiger charge is -2.28. The van der Waals surface area contributed by atoms with Gasteiger partial charge in [-0.25, -0.2) is 4.79 Å². The molecule has 0 saturated carbocycles. The minimum atomic E-state index is -0.464. The Bertz CT molecular complexity index is 808. The predicted octanol–water partition coefficient (Wildman–Crippen LogP) is 2.25. The highest BCUT2D eigenvalue weighted by molar-refractivity contribution is 5.86. The molecule has 4 rings (SSSR count). The molecule has 0 aromatic heterocycles. The molecule has 0 aliphatic carbocycles. The van der Waals surface area contributed by atoms with Crippen molar-refractivity contribution in [1.82, 2.24) is 0 Å². The van der Waals surface area contributed by atoms with Crippen molar-refractivity contribution in [2.24, 2.45) is 0 Å². The summed E-state index contributed by atoms with van der Waals surface area (Å²) in [5.41, 5.74) is 3.34. The summed E-state index contributed by atoms with van der Waals surface area (Å²) in [6.45, 7) is 3.48. The van der Waals surface area contributed by atoms with Crippen molar-refractivity contribution in [2.75, 3.05) is 30.9 Å². The molecule has 25 heavy (non-hydrogen) atoms. The topological polar surface area (TPSA) is 46.0 Å². The standard InChI is InChI=1S/C20H23N3O2/c1-20-11-12-22(2)18(20)23(3)17-10-9-15(13-16(17)20)25-19(24)21-14-7-5-4-6-8-14/h4-10,13,18H,11-12H2,1-3H3,(H,21,24)/p+1/t18-,20+/m1/s1. The Morgan fingerprint density at radius 1 is 1.28 bits per heavy atom. The number of amides is 1. The Labute approximate surface area is 148 Å². The maximum absolute atomic E-state index is 12.2. The number of nitrogens with zero attached hydrogens (tertiary/aromatic N) is 1. The maximum atomic E-state index is 12.2. The van der Waals surface area contributed by atoms with Gasteiger partial charge in [0.05, 0.1) is 19.0 Å². The van der Waals surface area contributed by atoms with Gasteiger partial charge in [-0.15, -0.1) is 0 Å². The lowest BCUT2D eigenvalue weighted by molar-refractivity contribution is -0.893. The van der Waals surface area contributed by atoms with Gasteiger partial charge < -0.3 is 14.5 Å². The smallest absolute Gasteiger partial charge is 0.410 e. The predicted molar refractivity (Wildman–Crippen MR) is 98.4 cm³/mol. The van der Waals surface area contributed by atoms with Crippen LogP contribution in [-0.2, 0) is 5.41 Å². The zero-order valence-electron chi connectivity index (χ0n) is 14.9. The van der Waals surface area contributed by atoms with Crippen molar-refractivity contribution in [1.29, 1.82) is 0 Å². The lowest BCUT2D eigenvalue weighted by atomic mass is 9.81. The van der Waals surface area contributed by atoms with Crippen LogP contribution in [0.25, 0.3) is 0 Å². The molecule has 2 heterocycles. The van der Waals surface area contributed by atoms with Crippen LogP contribution in [-0.4, -0.2) is 32.9 Å². The van der Waals surface area contributed by atoms with E-state index in [1.807, 2.05) is 42.5 Å². The lowest BCUT2D eigenvalue weighted by Crippen LogP contribution is -3.13. The van der Waals surface area contributed by atoms with E-state index >= 15 is 0 Å². The number of hydrogen-bond donors (Lipinski definition) is 2. The number of rotatable bonds is 2. The molecule has 5 heteroatoms. The van der Waals surface area contributed by atoms with Gasteiger partial charge in [0.2, 0.25) is 0 Å². The molecule has 2 aliphatic heterocycles. The summed E-state index contributed by atoms with van der Waals surface area (Å²) in [5, 5.41) is 2.75. The molecule has 1 amide bonds. The fourth-order valence-electron chi connectivity index (χ4n) is 4.57. The van der Waals surface area contributed by atoms with E-state index in [2.05, 4.69) is 37.3 Å². The highest BCUT2D eigenvalue weighted by atomic mass is 16.6. The minimum Gasteiger partial charge on any atom is -0.410 e. The van der Waals surface area contributed by atoms with Crippen LogP contribution in [0.1, 0.15) is 18.9 Å². The average molecular weight is 338 g/mol. The van der Waals surface area contributed by atoms with Crippen LogP contribution in [0.4, 0.5) is 16.2 Å². The first-order valence-electron chi connectivity index (χ1n) is 8.72. The minimum absolute atomic E-state index is 0.101. The number of ether oxygens (including phenoxy) is 1. The summed E-state index contributed by atoms with van der Waals surface area (Å²) in [4.78, 5) is 16.1. The summed E-state index contributed by atoms with van der Waals surface area (Å²) in [6, 6.07) is 15.3. The number of para-hydroxylation sites is 1. The summed E-state index contributed by atoms with van der Waals surface area (Å²) < 4.78 is 5.52. The largest absolute Gasteiger partial charge is 0.417 e. The molecule has 0 spiro atoms. The molecule has 1 saturated heterocycles. The highest BCUT2D eigenvalue weighted by Gasteiger charge is 2.55. The first-order valence-corrected chi connectivity index (χ1v) is 8.72. The van der Waals surface area contributed by atoms with Crippen LogP contribution in [0, 0.1) is 0 Å². The number of likely N-dealkylation sites (N-methyl/N-ethyl adjacent to an activating group) is 2. The molecule has 1 fully saturated rings. The first-order chi connectivity index (χ1) is 12.0. The Hall–Kier alpha value is -2.53. The van der Waals surface area contributed by atoms with Gasteiger partial charge in [0.15, 0.2) is 6.17 Å². The first kappa shape index (κ1) is 16.0. The molecule has 1 unspecified atom stereocenters. The summed E-state index contributed by atoms with van der Waals surface area (Å²) >= 11 is 0. The number of hydrogen-bond acceptors (Lipinski definition) is 3. The normalized spacial score (nSPS) is 26.9. The number of anilines is 2. The molecular weight excluding hydrogens is 314 g/mol. The third-order valence-electron chi connectivity index (χ3n) is 5.69. The van der Waals surface area contributed by atoms with Crippen LogP contribution in [0.15, 0.2) is 48.5 Å². The van der Waals surface area contributed by atoms with E-state index < -0.39 is 6.09 Å². The number of likely N-dealkylation sites (tertiary alicyclic amines) is 1. The molecular formula is C20H24N3O2+. The second-order valence-electron chi connectivity index (χ2n) is 7.34. The molecule has 0 bridgehead atoms. The highest BCUT2D eigenvalue weighted by Crippen LogP contribution is 2.47. The van der Waals surface area contributed by atoms with Gasteiger partial charge in [-0.2, -0.15) is 0 Å². The third kappa shape index (κ3) is 2.55. The molecule has 3 atom stereocenters. The number of benzene rings is 2. The monoisotopic (exact) mass is 338 g/mol. The van der Waals surface area contributed by atoms with Gasteiger partial charge in [0.25, 0.3) is 0 Å². The fourth-order valence-corrected chi connectivity index (χ4v) is 4.57. The van der Waals surface area contributed by atoms with E-state index in [1.54, 1.807) is 0 Å². The van der Waals surface area contributed by atoms with Gasteiger partial charge in [-0.05, 0) is 42.8 Å². The molecule has 2 aromatic carbocycles. The van der Waals surface area contributed by atoms with E-state index in [-0.39, 0.29) is 5.41 Å². The van der Waals surface area contributed by atoms with Crippen LogP contribution >= 0.6 is 0 Å². The van der Waals surface area contributed by atoms with Crippen molar-refractivity contribution in [3.63, 3.8) is 0 Å². The van der Waals surface area contributed by atoms with Crippen LogP contribution in [0.2, 0.25) is 0 Å². The Morgan fingerprint density at radius 3 is 2.80 bits per heavy atom. The zero-order valence-corrected chi connectivity index (χ0v) is 14.9. The number of carbonyl (C=O) groups is 1. The fraction of sp³-hybridized carbons (Fsp3) is 0.350. The second kappa shape index (κ2) is 5.77. The van der Waals surface area contributed by atoms with Crippen LogP contribution in [0.5, 0.6) is 5.75 Å². The van der Waals surface area contributed by atoms with Crippen LogP contribution in [0.3, 0.4) is 0 Å². The van der Waals surface area contributed by atoms with Gasteiger partial charge >= 0.3 is 6.09 Å². The second-order valence-corrected chi connectivity index (χ2v) is 7.34. The summed E-state index contributed by atoms with van der Waals surface area (Å²) in [6.07, 6.45) is 1.12. The van der Waals surface area contributed by atoms with Crippen molar-refractivity contribution in [2.45, 2.75) is 24.9 Å². The van der Waals surface area contributed by atoms with Crippen molar-refractivity contribution >= 4 is 17.5 Å². The van der Waals surface area contributed by atoms with E-state index in [0.29, 0.717) is 11.9 Å². The van der Waals surface area contributed by atoms with Crippen LogP contribution < -0.4 is 19.9 Å². The Balaban J connectivity index is 1.56. The van der Waals surface area contributed by atoms with Gasteiger partial charge in [-0.1, -0.05) is 18.2 Å². The van der Waals surface area contributed by atoms with E-state index in [4.69, 9.17) is 4.74 Å². The number of fused-ring (bicyclic) bond motifs is 3. The zero-order chi connectivity index (χ0) is 17.6. The van der Waals surface area contributed by atoms with Gasteiger partial charge in [-0.3, -0.25) is 5.32 Å². The molecule has 0 radical (unpaired) electrons. The number of nitrogens with one attached hydrogen (secondary N) is 2. The molecule has 130 valence electrons. The molecule has 5 nitrogen and oxygen atoms in total. The Kier molecular flexibility index (Phi) is 3.69. The molecule has 2 aromatic rings. The molecule has 2 N–H and O–H groups in total. The summed E-state index contributed by atoms with van der Waals surface area (Å²) in [5.74, 6) is 0.590. The average Bonchev–Trinajstić information content (AvgIpc) is 3.01. The Morgan fingerprint density at radius 2 is 2.04 bits per heavy atom. The molecule has 2 aliphatic rings.